The molecule has 0 aliphatic carbocycles. The molecule has 0 aliphatic heterocycles. The zero-order chi connectivity index (χ0) is 34.6. The average Bonchev–Trinajstić information content (AvgIpc) is 3.35. The van der Waals surface area contributed by atoms with Gasteiger partial charge in [0.1, 0.15) is 6.04 Å². The number of aromatic nitrogens is 1. The lowest BCUT2D eigenvalue weighted by atomic mass is 9.96. The highest BCUT2D eigenvalue weighted by Crippen LogP contribution is 2.41. The lowest BCUT2D eigenvalue weighted by molar-refractivity contribution is -0.137. The summed E-state index contributed by atoms with van der Waals surface area (Å²) in [5, 5.41) is 14.2. The Labute approximate surface area is 271 Å². The van der Waals surface area contributed by atoms with Crippen LogP contribution < -0.4 is 27.8 Å². The van der Waals surface area contributed by atoms with Crippen LogP contribution in [-0.4, -0.2) is 59.0 Å². The van der Waals surface area contributed by atoms with E-state index in [2.05, 4.69) is 34.0 Å². The number of unbranched alkanes of at least 4 members (excludes halogenated alkanes) is 1. The van der Waals surface area contributed by atoms with E-state index < -0.39 is 23.8 Å². The maximum atomic E-state index is 13.6. The monoisotopic (exact) mass is 635 g/mol. The second-order valence-corrected chi connectivity index (χ2v) is 10.3. The van der Waals surface area contributed by atoms with E-state index in [1.165, 1.54) is 0 Å². The van der Waals surface area contributed by atoms with Crippen LogP contribution in [0.3, 0.4) is 0 Å². The normalized spacial score (nSPS) is 10.7. The van der Waals surface area contributed by atoms with Gasteiger partial charge >= 0.3 is 5.97 Å². The number of aliphatic carboxylic acids is 1. The third-order valence-electron chi connectivity index (χ3n) is 6.71. The molecule has 1 unspecified atom stereocenters. The molecule has 1 heterocycles. The number of carboxylic acids is 1. The molecule has 1 atom stereocenters. The molecule has 9 N–H and O–H groups in total. The molecule has 12 nitrogen and oxygen atoms in total. The van der Waals surface area contributed by atoms with Crippen molar-refractivity contribution in [2.24, 2.45) is 22.2 Å². The van der Waals surface area contributed by atoms with Crippen LogP contribution >= 0.6 is 0 Å². The van der Waals surface area contributed by atoms with E-state index >= 15 is 0 Å². The predicted octanol–water partition coefficient (Wildman–Crippen LogP) is 3.97. The molecule has 0 fully saturated rings. The van der Waals surface area contributed by atoms with Gasteiger partial charge in [-0.2, -0.15) is 0 Å². The number of aliphatic imine (C=N–C) groups is 1. The number of carboxylic acid groups (broad SMARTS) is 1. The number of hydrogen-bond acceptors (Lipinski definition) is 5. The van der Waals surface area contributed by atoms with Crippen molar-refractivity contribution in [1.82, 2.24) is 15.2 Å². The predicted molar refractivity (Wildman–Crippen MR) is 183 cm³/mol. The molecule has 3 aromatic rings. The summed E-state index contributed by atoms with van der Waals surface area (Å²) in [6.45, 7) is 11.3. The molecule has 0 saturated carbocycles. The highest BCUT2D eigenvalue weighted by molar-refractivity contribution is 6.07. The van der Waals surface area contributed by atoms with Crippen molar-refractivity contribution in [2.75, 3.05) is 13.1 Å². The molecule has 2 aromatic carbocycles. The van der Waals surface area contributed by atoms with Crippen LogP contribution in [0.15, 0.2) is 65.7 Å². The number of nitrogens with zero attached hydrogens (tertiary/aromatic N) is 2. The van der Waals surface area contributed by atoms with E-state index in [9.17, 15) is 19.2 Å². The van der Waals surface area contributed by atoms with Gasteiger partial charge in [0.25, 0.3) is 5.91 Å². The van der Waals surface area contributed by atoms with Gasteiger partial charge in [0.2, 0.25) is 12.3 Å². The Morgan fingerprint density at radius 3 is 1.98 bits per heavy atom. The topological polar surface area (TPSA) is 208 Å². The fraction of sp³-hybridized carbons (Fsp3) is 0.382. The van der Waals surface area contributed by atoms with E-state index in [0.717, 1.165) is 40.9 Å². The molecule has 46 heavy (non-hydrogen) atoms. The standard InChI is InChI=1S/C26H29N3O4.C6H14N4O.C2H6/c1-16(2)29-17(3)22(26(33)28-20(25(27)32)14-15-21(30)31)23(18-10-6-4-7-11-18)24(29)19-12-8-5-9-13-19;7-6(8)10-4-2-1-3-9-5-11;1-2/h4-13,16,20H,14-15H2,1-3H3,(H2,27,32)(H,28,33)(H,30,31);5H,1-4H2,(H,9,11)(H4,7,8,10);1-2H3. The zero-order valence-electron chi connectivity index (χ0n) is 27.5. The minimum absolute atomic E-state index is 0.0585. The Kier molecular flexibility index (Phi) is 17.6. The molecule has 12 heteroatoms. The van der Waals surface area contributed by atoms with Crippen LogP contribution in [0.4, 0.5) is 0 Å². The van der Waals surface area contributed by atoms with Gasteiger partial charge in [0.05, 0.1) is 11.3 Å². The minimum atomic E-state index is -1.08. The number of primary amides is 1. The van der Waals surface area contributed by atoms with Gasteiger partial charge in [0.15, 0.2) is 5.96 Å². The molecule has 0 bridgehead atoms. The van der Waals surface area contributed by atoms with E-state index in [1.807, 2.05) is 81.4 Å². The molecule has 1 aromatic heterocycles. The SMILES string of the molecule is CC.Cc1c(C(=O)NC(CCC(=O)O)C(N)=O)c(-c2ccccc2)c(-c2ccccc2)n1C(C)C.NC(N)=NCCCCNC=O. The lowest BCUT2D eigenvalue weighted by Crippen LogP contribution is -2.44. The smallest absolute Gasteiger partial charge is 0.303 e. The molecule has 0 spiro atoms. The van der Waals surface area contributed by atoms with Crippen molar-refractivity contribution in [3.63, 3.8) is 0 Å². The van der Waals surface area contributed by atoms with Gasteiger partial charge in [-0.25, -0.2) is 0 Å². The van der Waals surface area contributed by atoms with Crippen molar-refractivity contribution in [2.45, 2.75) is 72.4 Å². The summed E-state index contributed by atoms with van der Waals surface area (Å²) >= 11 is 0. The second-order valence-electron chi connectivity index (χ2n) is 10.3. The first-order valence-electron chi connectivity index (χ1n) is 15.4. The number of benzene rings is 2. The summed E-state index contributed by atoms with van der Waals surface area (Å²) in [5.74, 6) is -2.17. The number of carbonyl (C=O) groups excluding carboxylic acids is 3. The Bertz CT molecular complexity index is 1420. The number of nitrogens with one attached hydrogen (secondary N) is 2. The van der Waals surface area contributed by atoms with Crippen LogP contribution in [0.25, 0.3) is 22.4 Å². The van der Waals surface area contributed by atoms with E-state index in [4.69, 9.17) is 22.3 Å². The van der Waals surface area contributed by atoms with E-state index in [1.54, 1.807) is 0 Å². The summed E-state index contributed by atoms with van der Waals surface area (Å²) < 4.78 is 2.11. The number of guanidine groups is 1. The zero-order valence-corrected chi connectivity index (χ0v) is 27.5. The minimum Gasteiger partial charge on any atom is -0.481 e. The van der Waals surface area contributed by atoms with E-state index in [0.29, 0.717) is 25.1 Å². The summed E-state index contributed by atoms with van der Waals surface area (Å²) in [6.07, 6.45) is 2.11. The maximum Gasteiger partial charge on any atom is 0.303 e. The van der Waals surface area contributed by atoms with E-state index in [-0.39, 0.29) is 24.8 Å². The fourth-order valence-corrected chi connectivity index (χ4v) is 4.79. The summed E-state index contributed by atoms with van der Waals surface area (Å²) in [7, 11) is 0. The fourth-order valence-electron chi connectivity index (χ4n) is 4.79. The number of rotatable bonds is 15. The average molecular weight is 636 g/mol. The molecule has 0 radical (unpaired) electrons. The number of carbonyl (C=O) groups is 4. The Balaban J connectivity index is 0.000000690. The maximum absolute atomic E-state index is 13.6. The Morgan fingerprint density at radius 1 is 0.935 bits per heavy atom. The number of nitrogens with two attached hydrogens (primary N) is 3. The summed E-state index contributed by atoms with van der Waals surface area (Å²) in [6, 6.07) is 18.4. The quantitative estimate of drug-likeness (QED) is 0.0626. The molecular formula is C34H49N7O5. The van der Waals surface area contributed by atoms with Gasteiger partial charge in [0, 0.05) is 36.8 Å². The van der Waals surface area contributed by atoms with Crippen LogP contribution in [0, 0.1) is 6.92 Å². The Morgan fingerprint density at radius 2 is 1.50 bits per heavy atom. The van der Waals surface area contributed by atoms with Crippen molar-refractivity contribution in [3.05, 3.63) is 71.9 Å². The second kappa shape index (κ2) is 20.8. The summed E-state index contributed by atoms with van der Waals surface area (Å²) in [4.78, 5) is 50.0. The highest BCUT2D eigenvalue weighted by Gasteiger charge is 2.30. The van der Waals surface area contributed by atoms with Crippen LogP contribution in [0.1, 0.15) is 75.5 Å². The first-order valence-corrected chi connectivity index (χ1v) is 15.4. The van der Waals surface area contributed by atoms with Gasteiger partial charge in [-0.15, -0.1) is 0 Å². The van der Waals surface area contributed by atoms with Gasteiger partial charge in [-0.1, -0.05) is 74.5 Å². The van der Waals surface area contributed by atoms with Gasteiger partial charge < -0.3 is 37.5 Å². The number of hydrogen-bond donors (Lipinski definition) is 6. The largest absolute Gasteiger partial charge is 0.481 e. The molecular weight excluding hydrogens is 586 g/mol. The highest BCUT2D eigenvalue weighted by atomic mass is 16.4. The molecule has 3 rings (SSSR count). The molecule has 0 aliphatic rings. The van der Waals surface area contributed by atoms with Crippen molar-refractivity contribution < 1.29 is 24.3 Å². The summed E-state index contributed by atoms with van der Waals surface area (Å²) in [5.41, 5.74) is 20.3. The molecule has 3 amide bonds. The molecule has 250 valence electrons. The van der Waals surface area contributed by atoms with Crippen molar-refractivity contribution >= 4 is 30.2 Å². The van der Waals surface area contributed by atoms with Crippen LogP contribution in [0.5, 0.6) is 0 Å². The van der Waals surface area contributed by atoms with Crippen LogP contribution in [0.2, 0.25) is 0 Å². The third-order valence-corrected chi connectivity index (χ3v) is 6.71. The first-order chi connectivity index (χ1) is 22.0. The molecule has 0 saturated heterocycles. The number of amides is 3. The van der Waals surface area contributed by atoms with Gasteiger partial charge in [-0.3, -0.25) is 24.2 Å². The first kappa shape index (κ1) is 38.9. The Hall–Kier alpha value is -5.13. The lowest BCUT2D eigenvalue weighted by Gasteiger charge is -2.17. The van der Waals surface area contributed by atoms with Crippen LogP contribution in [-0.2, 0) is 14.4 Å². The van der Waals surface area contributed by atoms with Crippen molar-refractivity contribution in [1.29, 1.82) is 0 Å². The van der Waals surface area contributed by atoms with Crippen molar-refractivity contribution in [3.8, 4) is 22.4 Å². The third kappa shape index (κ3) is 12.1. The van der Waals surface area contributed by atoms with Gasteiger partial charge in [-0.05, 0) is 51.2 Å².